The quantitative estimate of drug-likeness (QED) is 0.866. The Morgan fingerprint density at radius 3 is 2.65 bits per heavy atom. The van der Waals surface area contributed by atoms with Gasteiger partial charge in [0.2, 0.25) is 0 Å². The summed E-state index contributed by atoms with van der Waals surface area (Å²) in [6.45, 7) is 0.779. The van der Waals surface area contributed by atoms with Crippen LogP contribution in [-0.4, -0.2) is 50.7 Å². The molecule has 140 valence electrons. The highest BCUT2D eigenvalue weighted by molar-refractivity contribution is 5.77. The van der Waals surface area contributed by atoms with Gasteiger partial charge in [-0.05, 0) is 19.1 Å². The van der Waals surface area contributed by atoms with Gasteiger partial charge < -0.3 is 19.7 Å². The first kappa shape index (κ1) is 18.0. The van der Waals surface area contributed by atoms with Gasteiger partial charge in [0.1, 0.15) is 5.65 Å². The van der Waals surface area contributed by atoms with Crippen LogP contribution in [0.1, 0.15) is 11.4 Å². The van der Waals surface area contributed by atoms with Crippen molar-refractivity contribution in [2.45, 2.75) is 19.6 Å². The molecule has 0 bridgehead atoms. The number of imidazole rings is 1. The molecule has 0 aliphatic carbocycles. The highest BCUT2D eigenvalue weighted by Gasteiger charge is 2.53. The van der Waals surface area contributed by atoms with Crippen molar-refractivity contribution < 1.29 is 27.9 Å². The summed E-state index contributed by atoms with van der Waals surface area (Å²) in [5.41, 5.74) is 2.19. The van der Waals surface area contributed by atoms with Crippen LogP contribution in [0.2, 0.25) is 0 Å². The summed E-state index contributed by atoms with van der Waals surface area (Å²) in [5, 5.41) is 11.5. The van der Waals surface area contributed by atoms with Gasteiger partial charge in [0.05, 0.1) is 24.1 Å². The van der Waals surface area contributed by atoms with Crippen LogP contribution in [0.25, 0.3) is 5.65 Å². The first-order chi connectivity index (χ1) is 12.2. The molecule has 1 fully saturated rings. The average molecular weight is 370 g/mol. The number of pyridine rings is 1. The van der Waals surface area contributed by atoms with E-state index in [9.17, 15) is 22.8 Å². The molecule has 0 radical (unpaired) electrons. The first-order valence-corrected chi connectivity index (χ1v) is 7.92. The van der Waals surface area contributed by atoms with E-state index in [1.807, 2.05) is 23.5 Å². The van der Waals surface area contributed by atoms with E-state index in [1.165, 1.54) is 0 Å². The van der Waals surface area contributed by atoms with Crippen LogP contribution in [-0.2, 0) is 11.3 Å². The number of fused-ring (bicyclic) bond motifs is 1. The molecular formula is C16H17F3N4O3. The number of nitrogens with zero attached hydrogens (tertiary/aromatic N) is 3. The van der Waals surface area contributed by atoms with Gasteiger partial charge in [-0.3, -0.25) is 4.79 Å². The number of halogens is 3. The highest BCUT2D eigenvalue weighted by atomic mass is 19.4. The number of aromatic nitrogens is 2. The van der Waals surface area contributed by atoms with Crippen LogP contribution >= 0.6 is 0 Å². The number of alkyl halides is 3. The van der Waals surface area contributed by atoms with E-state index in [0.717, 1.165) is 10.6 Å². The lowest BCUT2D eigenvalue weighted by Gasteiger charge is -2.18. The molecule has 0 aromatic carbocycles. The first-order valence-electron chi connectivity index (χ1n) is 7.92. The predicted octanol–water partition coefficient (Wildman–Crippen LogP) is 2.05. The normalized spacial score (nSPS) is 20.5. The zero-order valence-corrected chi connectivity index (χ0v) is 13.8. The minimum atomic E-state index is -4.67. The molecule has 3 rings (SSSR count). The molecule has 2 aromatic rings. The third kappa shape index (κ3) is 3.44. The average Bonchev–Trinajstić information content (AvgIpc) is 3.17. The second kappa shape index (κ2) is 6.50. The molecule has 0 spiro atoms. The molecular weight excluding hydrogens is 353 g/mol. The van der Waals surface area contributed by atoms with E-state index in [-0.39, 0.29) is 6.54 Å². The van der Waals surface area contributed by atoms with Gasteiger partial charge in [-0.2, -0.15) is 13.2 Å². The smallest absolute Gasteiger partial charge is 0.394 e. The number of carboxylic acids is 1. The maximum Gasteiger partial charge on any atom is 0.394 e. The maximum atomic E-state index is 13.0. The number of carbonyl (C=O) groups excluding carboxylic acids is 1. The van der Waals surface area contributed by atoms with Gasteiger partial charge in [0.15, 0.2) is 0 Å². The molecule has 10 heteroatoms. The molecule has 7 nitrogen and oxygen atoms in total. The number of hydrogen-bond acceptors (Lipinski definition) is 3. The lowest BCUT2D eigenvalue weighted by Crippen LogP contribution is -2.39. The van der Waals surface area contributed by atoms with Crippen molar-refractivity contribution in [1.29, 1.82) is 0 Å². The number of amides is 2. The van der Waals surface area contributed by atoms with Crippen LogP contribution in [0.15, 0.2) is 24.4 Å². The number of aliphatic carboxylic acids is 1. The summed E-state index contributed by atoms with van der Waals surface area (Å²) in [5.74, 6) is -5.28. The van der Waals surface area contributed by atoms with Gasteiger partial charge >= 0.3 is 18.2 Å². The van der Waals surface area contributed by atoms with E-state index in [4.69, 9.17) is 5.11 Å². The van der Waals surface area contributed by atoms with Gasteiger partial charge in [0.25, 0.3) is 0 Å². The van der Waals surface area contributed by atoms with Crippen LogP contribution in [0, 0.1) is 18.8 Å². The van der Waals surface area contributed by atoms with Crippen LogP contribution in [0.5, 0.6) is 0 Å². The number of hydrogen-bond donors (Lipinski definition) is 2. The SMILES string of the molecule is Cc1cccc2nc(CNC(=O)N3C[C@@H](C(F)(F)F)[C@H](C(=O)O)C3)cn12. The monoisotopic (exact) mass is 370 g/mol. The fourth-order valence-electron chi connectivity index (χ4n) is 3.11. The zero-order valence-electron chi connectivity index (χ0n) is 13.8. The molecule has 1 aliphatic heterocycles. The molecule has 2 N–H and O–H groups in total. The number of nitrogens with one attached hydrogen (secondary N) is 1. The van der Waals surface area contributed by atoms with E-state index in [0.29, 0.717) is 11.3 Å². The van der Waals surface area contributed by atoms with Crippen molar-refractivity contribution in [3.63, 3.8) is 0 Å². The second-order valence-electron chi connectivity index (χ2n) is 6.28. The van der Waals surface area contributed by atoms with Crippen molar-refractivity contribution in [2.24, 2.45) is 11.8 Å². The third-order valence-electron chi connectivity index (χ3n) is 4.51. The van der Waals surface area contributed by atoms with Crippen molar-refractivity contribution >= 4 is 17.6 Å². The Morgan fingerprint density at radius 1 is 1.35 bits per heavy atom. The Hall–Kier alpha value is -2.78. The highest BCUT2D eigenvalue weighted by Crippen LogP contribution is 2.37. The fourth-order valence-corrected chi connectivity index (χ4v) is 3.11. The second-order valence-corrected chi connectivity index (χ2v) is 6.28. The van der Waals surface area contributed by atoms with E-state index >= 15 is 0 Å². The molecule has 2 amide bonds. The van der Waals surface area contributed by atoms with E-state index in [2.05, 4.69) is 10.3 Å². The van der Waals surface area contributed by atoms with Gasteiger partial charge in [-0.25, -0.2) is 9.78 Å². The fraction of sp³-hybridized carbons (Fsp3) is 0.438. The van der Waals surface area contributed by atoms with Crippen LogP contribution in [0.4, 0.5) is 18.0 Å². The summed E-state index contributed by atoms with van der Waals surface area (Å²) >= 11 is 0. The van der Waals surface area contributed by atoms with E-state index < -0.39 is 43.1 Å². The number of urea groups is 1. The summed E-state index contributed by atoms with van der Waals surface area (Å²) in [4.78, 5) is 28.4. The number of rotatable bonds is 3. The molecule has 26 heavy (non-hydrogen) atoms. The molecule has 1 aliphatic rings. The minimum Gasteiger partial charge on any atom is -0.481 e. The lowest BCUT2D eigenvalue weighted by molar-refractivity contribution is -0.187. The number of likely N-dealkylation sites (tertiary alicyclic amines) is 1. The summed E-state index contributed by atoms with van der Waals surface area (Å²) < 4.78 is 40.8. The molecule has 2 atom stereocenters. The van der Waals surface area contributed by atoms with Gasteiger partial charge in [-0.15, -0.1) is 0 Å². The Morgan fingerprint density at radius 2 is 2.08 bits per heavy atom. The Kier molecular flexibility index (Phi) is 4.51. The van der Waals surface area contributed by atoms with Crippen molar-refractivity contribution in [3.05, 3.63) is 35.8 Å². The predicted molar refractivity (Wildman–Crippen MR) is 84.4 cm³/mol. The van der Waals surface area contributed by atoms with Crippen molar-refractivity contribution in [3.8, 4) is 0 Å². The summed E-state index contributed by atoms with van der Waals surface area (Å²) in [6.07, 6.45) is -2.94. The Bertz CT molecular complexity index is 849. The molecule has 0 saturated carbocycles. The number of carboxylic acid groups (broad SMARTS) is 1. The molecule has 1 saturated heterocycles. The summed E-state index contributed by atoms with van der Waals surface area (Å²) in [6, 6.07) is 4.79. The molecule has 2 aromatic heterocycles. The summed E-state index contributed by atoms with van der Waals surface area (Å²) in [7, 11) is 0. The van der Waals surface area contributed by atoms with E-state index in [1.54, 1.807) is 12.3 Å². The van der Waals surface area contributed by atoms with Gasteiger partial charge in [-0.1, -0.05) is 6.07 Å². The largest absolute Gasteiger partial charge is 0.481 e. The molecule has 0 unspecified atom stereocenters. The number of aryl methyl sites for hydroxylation is 1. The Labute approximate surface area is 146 Å². The number of carbonyl (C=O) groups is 2. The standard InChI is InChI=1S/C16H17F3N4O3/c1-9-3-2-4-13-21-10(6-23(9)13)5-20-15(26)22-7-11(14(24)25)12(8-22)16(17,18)19/h2-4,6,11-12H,5,7-8H2,1H3,(H,20,26)(H,24,25)/t11-,12-/m1/s1. The Balaban J connectivity index is 1.66. The van der Waals surface area contributed by atoms with Crippen LogP contribution < -0.4 is 5.32 Å². The van der Waals surface area contributed by atoms with Crippen molar-refractivity contribution in [1.82, 2.24) is 19.6 Å². The third-order valence-corrected chi connectivity index (χ3v) is 4.51. The maximum absolute atomic E-state index is 13.0. The minimum absolute atomic E-state index is 0.0326. The van der Waals surface area contributed by atoms with Crippen molar-refractivity contribution in [2.75, 3.05) is 13.1 Å². The topological polar surface area (TPSA) is 86.9 Å². The zero-order chi connectivity index (χ0) is 19.1. The lowest BCUT2D eigenvalue weighted by atomic mass is 9.96. The van der Waals surface area contributed by atoms with Gasteiger partial charge in [0, 0.05) is 25.0 Å². The molecule has 3 heterocycles. The van der Waals surface area contributed by atoms with Crippen LogP contribution in [0.3, 0.4) is 0 Å².